The molecule has 0 bridgehead atoms. The van der Waals surface area contributed by atoms with Gasteiger partial charge >= 0.3 is 0 Å². The molecule has 7 rings (SSSR count). The largest absolute Gasteiger partial charge is 0.438 e. The predicted octanol–water partition coefficient (Wildman–Crippen LogP) is 6.02. The molecule has 0 unspecified atom stereocenters. The molecule has 4 heterocycles. The Morgan fingerprint density at radius 1 is 0.980 bits per heavy atom. The maximum absolute atomic E-state index is 13.4. The number of hydrogen-bond donors (Lipinski definition) is 1. The van der Waals surface area contributed by atoms with Gasteiger partial charge in [-0.15, -0.1) is 0 Å². The van der Waals surface area contributed by atoms with E-state index in [1.807, 2.05) is 6.07 Å². The number of aromatic nitrogens is 5. The van der Waals surface area contributed by atoms with Crippen molar-refractivity contribution >= 4 is 38.4 Å². The van der Waals surface area contributed by atoms with E-state index in [4.69, 9.17) is 9.15 Å². The summed E-state index contributed by atoms with van der Waals surface area (Å²) in [7, 11) is -0.298. The minimum absolute atomic E-state index is 0.103. The summed E-state index contributed by atoms with van der Waals surface area (Å²) in [4.78, 5) is 35.0. The Balaban J connectivity index is 1.20. The lowest BCUT2D eigenvalue weighted by molar-refractivity contribution is 0.102. The van der Waals surface area contributed by atoms with Crippen LogP contribution in [0.15, 0.2) is 119 Å². The number of benzene rings is 3. The van der Waals surface area contributed by atoms with E-state index in [2.05, 4.69) is 20.4 Å². The summed E-state index contributed by atoms with van der Waals surface area (Å²) in [5.74, 6) is -0.107. The van der Waals surface area contributed by atoms with E-state index in [9.17, 15) is 22.4 Å². The molecule has 0 aliphatic heterocycles. The molecule has 0 spiro atoms. The van der Waals surface area contributed by atoms with Gasteiger partial charge in [-0.2, -0.15) is 5.10 Å². The van der Waals surface area contributed by atoms with Gasteiger partial charge < -0.3 is 14.5 Å². The molecular weight excluding hydrogens is 678 g/mol. The highest BCUT2D eigenvalue weighted by Gasteiger charge is 2.25. The molecule has 15 heteroatoms. The van der Waals surface area contributed by atoms with Crippen LogP contribution in [0.2, 0.25) is 0 Å². The van der Waals surface area contributed by atoms with Gasteiger partial charge in [0.25, 0.3) is 11.5 Å². The zero-order valence-corrected chi connectivity index (χ0v) is 28.1. The molecule has 51 heavy (non-hydrogen) atoms. The van der Waals surface area contributed by atoms with Gasteiger partial charge in [0.2, 0.25) is 21.6 Å². The van der Waals surface area contributed by atoms with Gasteiger partial charge in [-0.3, -0.25) is 23.1 Å². The van der Waals surface area contributed by atoms with Crippen molar-refractivity contribution in [2.24, 2.45) is 7.05 Å². The Bertz CT molecular complexity index is 2600. The third-order valence-electron chi connectivity index (χ3n) is 8.04. The quantitative estimate of drug-likeness (QED) is 0.190. The smallest absolute Gasteiger partial charge is 0.267 e. The molecule has 0 saturated carbocycles. The molecule has 256 valence electrons. The number of rotatable bonds is 9. The second-order valence-corrected chi connectivity index (χ2v) is 13.5. The number of fused-ring (bicyclic) bond motifs is 1. The van der Waals surface area contributed by atoms with E-state index >= 15 is 0 Å². The first-order chi connectivity index (χ1) is 24.5. The number of aryl methyl sites for hydroxylation is 1. The number of hydrogen-bond acceptors (Lipinski definition) is 9. The number of halogens is 1. The zero-order valence-electron chi connectivity index (χ0n) is 27.3. The monoisotopic (exact) mass is 705 g/mol. The average Bonchev–Trinajstić information content (AvgIpc) is 3.73. The number of nitrogens with one attached hydrogen (secondary N) is 1. The normalized spacial score (nSPS) is 11.5. The highest BCUT2D eigenvalue weighted by molar-refractivity contribution is 7.92. The predicted molar refractivity (Wildman–Crippen MR) is 189 cm³/mol. The molecule has 0 radical (unpaired) electrons. The van der Waals surface area contributed by atoms with Crippen molar-refractivity contribution in [1.82, 2.24) is 24.3 Å². The molecule has 0 aliphatic carbocycles. The Hall–Kier alpha value is -6.61. The van der Waals surface area contributed by atoms with Gasteiger partial charge in [0, 0.05) is 43.4 Å². The van der Waals surface area contributed by atoms with Gasteiger partial charge in [0.15, 0.2) is 0 Å². The van der Waals surface area contributed by atoms with E-state index in [1.165, 1.54) is 58.8 Å². The van der Waals surface area contributed by atoms with Crippen molar-refractivity contribution in [3.05, 3.63) is 132 Å². The maximum Gasteiger partial charge on any atom is 0.267 e. The molecule has 0 atom stereocenters. The Morgan fingerprint density at radius 3 is 2.45 bits per heavy atom. The van der Waals surface area contributed by atoms with Crippen LogP contribution in [0.1, 0.15) is 10.4 Å². The first-order valence-corrected chi connectivity index (χ1v) is 17.2. The number of pyridine rings is 1. The number of ether oxygens (including phenoxy) is 1. The van der Waals surface area contributed by atoms with Gasteiger partial charge in [-0.05, 0) is 78.4 Å². The molecule has 1 amide bonds. The van der Waals surface area contributed by atoms with Gasteiger partial charge in [0.05, 0.1) is 23.7 Å². The van der Waals surface area contributed by atoms with E-state index < -0.39 is 27.3 Å². The molecule has 0 aliphatic rings. The van der Waals surface area contributed by atoms with Gasteiger partial charge in [0.1, 0.15) is 34.6 Å². The van der Waals surface area contributed by atoms with E-state index in [1.54, 1.807) is 72.7 Å². The molecule has 7 aromatic rings. The van der Waals surface area contributed by atoms with Crippen molar-refractivity contribution in [1.29, 1.82) is 0 Å². The molecule has 0 fully saturated rings. The zero-order chi connectivity index (χ0) is 35.9. The highest BCUT2D eigenvalue weighted by Crippen LogP contribution is 2.44. The van der Waals surface area contributed by atoms with Crippen LogP contribution in [0.3, 0.4) is 0 Å². The summed E-state index contributed by atoms with van der Waals surface area (Å²) in [5.41, 5.74) is 2.65. The first-order valence-electron chi connectivity index (χ1n) is 15.3. The number of carbonyl (C=O) groups is 1. The van der Waals surface area contributed by atoms with Crippen LogP contribution in [0.25, 0.3) is 39.2 Å². The van der Waals surface area contributed by atoms with Crippen LogP contribution in [-0.2, 0) is 17.1 Å². The lowest BCUT2D eigenvalue weighted by Gasteiger charge is -2.17. The van der Waals surface area contributed by atoms with Crippen LogP contribution in [0.4, 0.5) is 15.8 Å². The number of carbonyl (C=O) groups excluding carboxylic acids is 1. The summed E-state index contributed by atoms with van der Waals surface area (Å²) < 4.78 is 54.7. The lowest BCUT2D eigenvalue weighted by atomic mass is 10.0. The van der Waals surface area contributed by atoms with Crippen molar-refractivity contribution in [2.75, 3.05) is 22.9 Å². The lowest BCUT2D eigenvalue weighted by Crippen LogP contribution is -2.27. The van der Waals surface area contributed by atoms with E-state index in [0.717, 1.165) is 6.26 Å². The first kappa shape index (κ1) is 32.9. The van der Waals surface area contributed by atoms with Crippen LogP contribution >= 0.6 is 0 Å². The van der Waals surface area contributed by atoms with Crippen molar-refractivity contribution in [3.8, 4) is 39.8 Å². The van der Waals surface area contributed by atoms with Crippen LogP contribution in [-0.4, -0.2) is 51.9 Å². The number of nitrogens with zero attached hydrogens (tertiary/aromatic N) is 6. The number of sulfonamides is 1. The third kappa shape index (κ3) is 6.57. The average molecular weight is 706 g/mol. The highest BCUT2D eigenvalue weighted by atomic mass is 32.2. The van der Waals surface area contributed by atoms with Crippen molar-refractivity contribution in [2.45, 2.75) is 0 Å². The Morgan fingerprint density at radius 2 is 1.75 bits per heavy atom. The number of anilines is 2. The van der Waals surface area contributed by atoms with Gasteiger partial charge in [-0.1, -0.05) is 12.1 Å². The van der Waals surface area contributed by atoms with E-state index in [-0.39, 0.29) is 17.2 Å². The molecule has 3 aromatic carbocycles. The van der Waals surface area contributed by atoms with Crippen molar-refractivity contribution < 1.29 is 26.8 Å². The summed E-state index contributed by atoms with van der Waals surface area (Å²) in [6, 6.07) is 21.7. The molecule has 0 saturated heterocycles. The molecule has 1 N–H and O–H groups in total. The molecule has 13 nitrogen and oxygen atoms in total. The van der Waals surface area contributed by atoms with E-state index in [0.29, 0.717) is 50.6 Å². The second kappa shape index (κ2) is 13.0. The number of amides is 1. The number of furan rings is 1. The summed E-state index contributed by atoms with van der Waals surface area (Å²) in [6.07, 6.45) is 7.35. The second-order valence-electron chi connectivity index (χ2n) is 11.5. The maximum atomic E-state index is 13.4. The standard InChI is InChI=1S/C36H28FN7O6S/c1-42-20-23(19-40-42)32-30(22-6-4-7-27(18-22)43(2)51(3,47)48)31-34(38-21-39-35(31)50-32)49-28-15-11-25(12-16-28)41-33(45)29-8-5-17-44(36(29)46)26-13-9-24(37)10-14-26/h4-21H,1-3H3,(H,41,45). The minimum Gasteiger partial charge on any atom is -0.438 e. The minimum atomic E-state index is -3.54. The summed E-state index contributed by atoms with van der Waals surface area (Å²) in [5, 5.41) is 7.44. The Labute approximate surface area is 290 Å². The van der Waals surface area contributed by atoms with Gasteiger partial charge in [-0.25, -0.2) is 22.8 Å². The molecule has 4 aromatic heterocycles. The van der Waals surface area contributed by atoms with Crippen LogP contribution in [0, 0.1) is 5.82 Å². The summed E-state index contributed by atoms with van der Waals surface area (Å²) in [6.45, 7) is 0. The van der Waals surface area contributed by atoms with Crippen molar-refractivity contribution in [3.63, 3.8) is 0 Å². The Kier molecular flexibility index (Phi) is 8.40. The van der Waals surface area contributed by atoms with Crippen LogP contribution < -0.4 is 19.9 Å². The third-order valence-corrected chi connectivity index (χ3v) is 9.25. The fourth-order valence-corrected chi connectivity index (χ4v) is 5.93. The fourth-order valence-electron chi connectivity index (χ4n) is 5.44. The topological polar surface area (TPSA) is 154 Å². The fraction of sp³-hybridized carbons (Fsp3) is 0.0833. The summed E-state index contributed by atoms with van der Waals surface area (Å²) >= 11 is 0. The van der Waals surface area contributed by atoms with Crippen LogP contribution in [0.5, 0.6) is 11.6 Å². The SMILES string of the molecule is CN(c1cccc(-c2c(-c3cnn(C)c3)oc3ncnc(Oc4ccc(NC(=O)c5cccn(-c6ccc(F)cc6)c5=O)cc4)c23)c1)S(C)(=O)=O. The molecular formula is C36H28FN7O6S.